The summed E-state index contributed by atoms with van der Waals surface area (Å²) >= 11 is 0. The molecule has 0 spiro atoms. The number of hydrogen-bond donors (Lipinski definition) is 1. The molecule has 166 valence electrons. The Morgan fingerprint density at radius 1 is 1.22 bits per heavy atom. The van der Waals surface area contributed by atoms with E-state index in [0.717, 1.165) is 58.5 Å². The molecule has 1 fully saturated rings. The molecule has 1 aliphatic carbocycles. The average molecular weight is 453 g/mol. The summed E-state index contributed by atoms with van der Waals surface area (Å²) in [6.45, 7) is 0.689. The van der Waals surface area contributed by atoms with E-state index in [1.807, 2.05) is 25.4 Å². The van der Waals surface area contributed by atoms with Gasteiger partial charge in [0.25, 0.3) is 0 Å². The molecule has 32 heavy (non-hydrogen) atoms. The van der Waals surface area contributed by atoms with Crippen molar-refractivity contribution in [2.45, 2.75) is 37.8 Å². The number of hydrogen-bond acceptors (Lipinski definition) is 5. The summed E-state index contributed by atoms with van der Waals surface area (Å²) in [4.78, 5) is 2.11. The maximum Gasteiger partial charge on any atom is 0.212 e. The van der Waals surface area contributed by atoms with Crippen LogP contribution in [0.3, 0.4) is 0 Å². The highest BCUT2D eigenvalue weighted by Crippen LogP contribution is 2.42. The van der Waals surface area contributed by atoms with Crippen LogP contribution >= 0.6 is 0 Å². The lowest BCUT2D eigenvalue weighted by atomic mass is 9.82. The quantitative estimate of drug-likeness (QED) is 0.749. The van der Waals surface area contributed by atoms with Gasteiger partial charge in [-0.2, -0.15) is 9.41 Å². The van der Waals surface area contributed by atoms with E-state index in [1.54, 1.807) is 16.4 Å². The van der Waals surface area contributed by atoms with E-state index in [1.165, 1.54) is 11.8 Å². The highest BCUT2D eigenvalue weighted by atomic mass is 32.2. The van der Waals surface area contributed by atoms with Crippen LogP contribution in [0.1, 0.15) is 42.4 Å². The molecule has 2 unspecified atom stereocenters. The van der Waals surface area contributed by atoms with Crippen molar-refractivity contribution in [1.82, 2.24) is 14.6 Å². The lowest BCUT2D eigenvalue weighted by Crippen LogP contribution is -2.51. The number of hydrazone groups is 1. The third-order valence-corrected chi connectivity index (χ3v) is 8.40. The number of nitrogens with zero attached hydrogens (tertiary/aromatic N) is 3. The van der Waals surface area contributed by atoms with Gasteiger partial charge in [0.2, 0.25) is 10.0 Å². The Balaban J connectivity index is 1.51. The molecule has 8 heteroatoms. The fraction of sp³-hybridized carbons (Fsp3) is 0.375. The molecule has 0 aromatic heterocycles. The van der Waals surface area contributed by atoms with E-state index in [-0.39, 0.29) is 17.9 Å². The number of likely N-dealkylation sites (N-methyl/N-ethyl adjacent to an activating group) is 1. The molecule has 0 radical (unpaired) electrons. The minimum Gasteiger partial charge on any atom is -0.375 e. The standard InChI is InChI=1S/C24H25FN4O2S/c1-28-12-20(15-9-17-4-3-5-18(10-15)29(17)32(2,30)31)24-21(13-28)19-11-16(25)8-14-6-7-22(23(14)19)26-27-24/h6-9,11,13,17-18,27H,3-5,10,12H2,1-2H3. The van der Waals surface area contributed by atoms with Crippen molar-refractivity contribution in [2.24, 2.45) is 5.10 Å². The van der Waals surface area contributed by atoms with Gasteiger partial charge in [0.1, 0.15) is 5.82 Å². The third kappa shape index (κ3) is 3.00. The van der Waals surface area contributed by atoms with Crippen molar-refractivity contribution in [3.63, 3.8) is 0 Å². The second-order valence-electron chi connectivity index (χ2n) is 9.31. The molecule has 0 amide bonds. The van der Waals surface area contributed by atoms with E-state index >= 15 is 0 Å². The van der Waals surface area contributed by atoms with E-state index in [2.05, 4.69) is 21.5 Å². The van der Waals surface area contributed by atoms with Crippen molar-refractivity contribution in [3.05, 3.63) is 69.8 Å². The molecule has 4 heterocycles. The van der Waals surface area contributed by atoms with Gasteiger partial charge in [-0.1, -0.05) is 12.2 Å². The van der Waals surface area contributed by atoms with Crippen LogP contribution in [0, 0.1) is 5.82 Å². The maximum atomic E-state index is 14.5. The number of allylic oxidation sites excluding steroid dienone is 2. The fourth-order valence-electron chi connectivity index (χ4n) is 5.87. The number of nitrogens with one attached hydrogen (secondary N) is 1. The summed E-state index contributed by atoms with van der Waals surface area (Å²) < 4.78 is 41.1. The first-order chi connectivity index (χ1) is 15.3. The molecule has 2 atom stereocenters. The van der Waals surface area contributed by atoms with Crippen molar-refractivity contribution in [2.75, 3.05) is 19.8 Å². The Labute approximate surface area is 187 Å². The highest BCUT2D eigenvalue weighted by Gasteiger charge is 2.41. The topological polar surface area (TPSA) is 65.0 Å². The number of piperidine rings is 1. The highest BCUT2D eigenvalue weighted by molar-refractivity contribution is 7.88. The van der Waals surface area contributed by atoms with Crippen LogP contribution in [-0.2, 0) is 10.0 Å². The first-order valence-corrected chi connectivity index (χ1v) is 12.9. The molecule has 5 aliphatic rings. The van der Waals surface area contributed by atoms with Gasteiger partial charge >= 0.3 is 0 Å². The Kier molecular flexibility index (Phi) is 4.29. The van der Waals surface area contributed by atoms with Gasteiger partial charge in [-0.05, 0) is 60.6 Å². The van der Waals surface area contributed by atoms with Crippen LogP contribution in [0.4, 0.5) is 4.39 Å². The smallest absolute Gasteiger partial charge is 0.212 e. The van der Waals surface area contributed by atoms with Crippen LogP contribution in [0.5, 0.6) is 0 Å². The molecule has 0 saturated carbocycles. The predicted octanol–water partition coefficient (Wildman–Crippen LogP) is 3.21. The first kappa shape index (κ1) is 19.9. The SMILES string of the molecule is CN1C=C2C(=C(C3=CC4CCCC(C3)N4S(C)(=O)=O)C1)NN=C1C=Cc3cc(F)cc2c31. The Morgan fingerprint density at radius 3 is 2.84 bits per heavy atom. The molecule has 6 rings (SSSR count). The van der Waals surface area contributed by atoms with Crippen molar-refractivity contribution in [1.29, 1.82) is 0 Å². The Hall–Kier alpha value is -2.71. The number of rotatable bonds is 2. The summed E-state index contributed by atoms with van der Waals surface area (Å²) in [6.07, 6.45) is 12.7. The van der Waals surface area contributed by atoms with Gasteiger partial charge in [0.15, 0.2) is 0 Å². The monoisotopic (exact) mass is 452 g/mol. The second kappa shape index (κ2) is 6.89. The van der Waals surface area contributed by atoms with Gasteiger partial charge in [0.05, 0.1) is 17.7 Å². The molecule has 1 saturated heterocycles. The number of fused-ring (bicyclic) bond motifs is 4. The molecule has 1 N–H and O–H groups in total. The molecule has 1 aromatic rings. The maximum absolute atomic E-state index is 14.5. The number of halogens is 1. The largest absolute Gasteiger partial charge is 0.375 e. The summed E-state index contributed by atoms with van der Waals surface area (Å²) in [5.41, 5.74) is 10.8. The van der Waals surface area contributed by atoms with E-state index in [9.17, 15) is 12.8 Å². The Morgan fingerprint density at radius 2 is 2.06 bits per heavy atom. The molecular weight excluding hydrogens is 427 g/mol. The third-order valence-electron chi connectivity index (χ3n) is 7.06. The summed E-state index contributed by atoms with van der Waals surface area (Å²) in [5.74, 6) is -0.267. The van der Waals surface area contributed by atoms with Crippen LogP contribution in [0.15, 0.2) is 52.4 Å². The van der Waals surface area contributed by atoms with Gasteiger partial charge in [-0.3, -0.25) is 5.43 Å². The minimum absolute atomic E-state index is 0.0143. The van der Waals surface area contributed by atoms with Gasteiger partial charge in [0, 0.05) is 48.6 Å². The van der Waals surface area contributed by atoms with Crippen molar-refractivity contribution >= 4 is 27.4 Å². The summed E-state index contributed by atoms with van der Waals surface area (Å²) in [5, 5.41) is 4.65. The average Bonchev–Trinajstić information content (AvgIpc) is 3.05. The summed E-state index contributed by atoms with van der Waals surface area (Å²) in [7, 11) is -1.25. The molecular formula is C24H25FN4O2S. The molecule has 1 aromatic carbocycles. The van der Waals surface area contributed by atoms with Crippen LogP contribution in [0.25, 0.3) is 11.6 Å². The first-order valence-electron chi connectivity index (χ1n) is 11.0. The lowest BCUT2D eigenvalue weighted by molar-refractivity contribution is 0.195. The lowest BCUT2D eigenvalue weighted by Gasteiger charge is -2.44. The molecule has 4 aliphatic heterocycles. The van der Waals surface area contributed by atoms with Crippen LogP contribution in [-0.4, -0.2) is 55.3 Å². The zero-order chi connectivity index (χ0) is 22.2. The molecule has 2 bridgehead atoms. The minimum atomic E-state index is -3.26. The normalized spacial score (nSPS) is 26.6. The van der Waals surface area contributed by atoms with Gasteiger partial charge in [-0.25, -0.2) is 12.8 Å². The van der Waals surface area contributed by atoms with E-state index < -0.39 is 10.0 Å². The predicted molar refractivity (Wildman–Crippen MR) is 124 cm³/mol. The molecule has 6 nitrogen and oxygen atoms in total. The van der Waals surface area contributed by atoms with Gasteiger partial charge < -0.3 is 4.90 Å². The van der Waals surface area contributed by atoms with Crippen LogP contribution in [0.2, 0.25) is 0 Å². The van der Waals surface area contributed by atoms with Crippen molar-refractivity contribution < 1.29 is 12.8 Å². The van der Waals surface area contributed by atoms with Crippen molar-refractivity contribution in [3.8, 4) is 0 Å². The van der Waals surface area contributed by atoms with E-state index in [0.29, 0.717) is 13.0 Å². The Bertz CT molecular complexity index is 1310. The zero-order valence-corrected chi connectivity index (χ0v) is 18.9. The zero-order valence-electron chi connectivity index (χ0n) is 18.1. The number of sulfonamides is 1. The fourth-order valence-corrected chi connectivity index (χ4v) is 7.25. The van der Waals surface area contributed by atoms with Gasteiger partial charge in [-0.15, -0.1) is 0 Å². The number of benzene rings is 1. The second-order valence-corrected chi connectivity index (χ2v) is 11.2. The van der Waals surface area contributed by atoms with Crippen LogP contribution < -0.4 is 5.43 Å². The van der Waals surface area contributed by atoms with E-state index in [4.69, 9.17) is 0 Å². The summed E-state index contributed by atoms with van der Waals surface area (Å²) in [6, 6.07) is 3.01.